The van der Waals surface area contributed by atoms with E-state index in [4.69, 9.17) is 15.2 Å². The maximum absolute atomic E-state index is 5.79. The summed E-state index contributed by atoms with van der Waals surface area (Å²) in [7, 11) is 0. The molecule has 94 valence electrons. The summed E-state index contributed by atoms with van der Waals surface area (Å²) in [5.41, 5.74) is 6.74. The number of nitrogens with zero attached hydrogens (tertiary/aromatic N) is 2. The molecule has 0 spiro atoms. The van der Waals surface area contributed by atoms with Gasteiger partial charge < -0.3 is 20.5 Å². The molecule has 0 saturated carbocycles. The van der Waals surface area contributed by atoms with Gasteiger partial charge in [-0.05, 0) is 6.42 Å². The monoisotopic (exact) mass is 238 g/mol. The van der Waals surface area contributed by atoms with Crippen molar-refractivity contribution in [3.63, 3.8) is 0 Å². The fourth-order valence-corrected chi connectivity index (χ4v) is 1.79. The molecule has 0 aromatic carbocycles. The lowest BCUT2D eigenvalue weighted by Gasteiger charge is -2.23. The van der Waals surface area contributed by atoms with Gasteiger partial charge in [-0.25, -0.2) is 9.97 Å². The van der Waals surface area contributed by atoms with Gasteiger partial charge in [-0.1, -0.05) is 6.92 Å². The number of nitrogens with one attached hydrogen (secondary N) is 1. The maximum Gasteiger partial charge on any atom is 0.134 e. The van der Waals surface area contributed by atoms with Crippen LogP contribution in [0, 0.1) is 0 Å². The van der Waals surface area contributed by atoms with Crippen molar-refractivity contribution < 1.29 is 9.47 Å². The summed E-state index contributed by atoms with van der Waals surface area (Å²) in [5.74, 6) is 1.32. The molecule has 0 amide bonds. The number of aromatic nitrogens is 2. The van der Waals surface area contributed by atoms with Crippen LogP contribution in [0.3, 0.4) is 0 Å². The van der Waals surface area contributed by atoms with Crippen LogP contribution in [0.4, 0.5) is 11.6 Å². The molecule has 1 unspecified atom stereocenters. The summed E-state index contributed by atoms with van der Waals surface area (Å²) < 4.78 is 10.9. The Kier molecular flexibility index (Phi) is 4.11. The molecule has 1 saturated heterocycles. The molecule has 6 nitrogen and oxygen atoms in total. The molecule has 1 atom stereocenters. The summed E-state index contributed by atoms with van der Waals surface area (Å²) in [6, 6.07) is 0. The van der Waals surface area contributed by atoms with Crippen LogP contribution in [-0.2, 0) is 15.9 Å². The average molecular weight is 238 g/mol. The van der Waals surface area contributed by atoms with Crippen LogP contribution in [0.5, 0.6) is 0 Å². The van der Waals surface area contributed by atoms with Crippen LogP contribution < -0.4 is 11.1 Å². The first-order valence-electron chi connectivity index (χ1n) is 5.83. The third-order valence-corrected chi connectivity index (χ3v) is 2.71. The third-order valence-electron chi connectivity index (χ3n) is 2.71. The van der Waals surface area contributed by atoms with Crippen LogP contribution in [0.1, 0.15) is 12.5 Å². The molecule has 0 radical (unpaired) electrons. The van der Waals surface area contributed by atoms with E-state index >= 15 is 0 Å². The summed E-state index contributed by atoms with van der Waals surface area (Å²) in [5, 5.41) is 3.24. The highest BCUT2D eigenvalue weighted by atomic mass is 16.6. The van der Waals surface area contributed by atoms with Crippen molar-refractivity contribution in [1.82, 2.24) is 9.97 Å². The second-order valence-electron chi connectivity index (χ2n) is 3.89. The third kappa shape index (κ3) is 3.04. The Morgan fingerprint density at radius 2 is 2.35 bits per heavy atom. The van der Waals surface area contributed by atoms with E-state index in [1.807, 2.05) is 6.92 Å². The van der Waals surface area contributed by atoms with Gasteiger partial charge in [-0.3, -0.25) is 0 Å². The van der Waals surface area contributed by atoms with E-state index in [-0.39, 0.29) is 6.10 Å². The SMILES string of the molecule is CCc1c(N)ncnc1NCC1COCCO1. The van der Waals surface area contributed by atoms with E-state index in [1.54, 1.807) is 0 Å². The lowest BCUT2D eigenvalue weighted by Crippen LogP contribution is -2.34. The number of ether oxygens (including phenoxy) is 2. The van der Waals surface area contributed by atoms with Crippen molar-refractivity contribution in [3.05, 3.63) is 11.9 Å². The average Bonchev–Trinajstić information content (AvgIpc) is 2.37. The van der Waals surface area contributed by atoms with E-state index in [9.17, 15) is 0 Å². The van der Waals surface area contributed by atoms with Gasteiger partial charge >= 0.3 is 0 Å². The van der Waals surface area contributed by atoms with Gasteiger partial charge in [0.05, 0.1) is 25.9 Å². The molecule has 0 aliphatic carbocycles. The summed E-state index contributed by atoms with van der Waals surface area (Å²) in [6.07, 6.45) is 2.34. The first kappa shape index (κ1) is 12.1. The second-order valence-corrected chi connectivity index (χ2v) is 3.89. The lowest BCUT2D eigenvalue weighted by atomic mass is 10.2. The van der Waals surface area contributed by atoms with Gasteiger partial charge in [-0.2, -0.15) is 0 Å². The number of nitrogens with two attached hydrogens (primary N) is 1. The van der Waals surface area contributed by atoms with Crippen LogP contribution in [0.2, 0.25) is 0 Å². The molecular weight excluding hydrogens is 220 g/mol. The molecule has 2 heterocycles. The van der Waals surface area contributed by atoms with Gasteiger partial charge in [0.2, 0.25) is 0 Å². The normalized spacial score (nSPS) is 20.2. The van der Waals surface area contributed by atoms with E-state index < -0.39 is 0 Å². The zero-order valence-corrected chi connectivity index (χ0v) is 9.98. The Morgan fingerprint density at radius 1 is 1.47 bits per heavy atom. The van der Waals surface area contributed by atoms with E-state index in [2.05, 4.69) is 15.3 Å². The van der Waals surface area contributed by atoms with Gasteiger partial charge in [-0.15, -0.1) is 0 Å². The van der Waals surface area contributed by atoms with Crippen molar-refractivity contribution in [2.75, 3.05) is 37.4 Å². The van der Waals surface area contributed by atoms with Crippen molar-refractivity contribution in [1.29, 1.82) is 0 Å². The Labute approximate surface area is 101 Å². The van der Waals surface area contributed by atoms with E-state index in [0.717, 1.165) is 17.8 Å². The number of hydrogen-bond acceptors (Lipinski definition) is 6. The molecule has 17 heavy (non-hydrogen) atoms. The molecular formula is C11H18N4O2. The zero-order chi connectivity index (χ0) is 12.1. The fourth-order valence-electron chi connectivity index (χ4n) is 1.79. The number of rotatable bonds is 4. The minimum atomic E-state index is 0.0737. The van der Waals surface area contributed by atoms with Gasteiger partial charge in [0.1, 0.15) is 18.0 Å². The van der Waals surface area contributed by atoms with Gasteiger partial charge in [0.15, 0.2) is 0 Å². The highest BCUT2D eigenvalue weighted by Crippen LogP contribution is 2.17. The fraction of sp³-hybridized carbons (Fsp3) is 0.636. The first-order valence-corrected chi connectivity index (χ1v) is 5.83. The van der Waals surface area contributed by atoms with Gasteiger partial charge in [0.25, 0.3) is 0 Å². The quantitative estimate of drug-likeness (QED) is 0.792. The molecule has 1 aliphatic rings. The highest BCUT2D eigenvalue weighted by molar-refractivity contribution is 5.54. The Morgan fingerprint density at radius 3 is 3.06 bits per heavy atom. The van der Waals surface area contributed by atoms with Crippen LogP contribution in [-0.4, -0.2) is 42.4 Å². The van der Waals surface area contributed by atoms with Crippen LogP contribution in [0.15, 0.2) is 6.33 Å². The molecule has 0 bridgehead atoms. The van der Waals surface area contributed by atoms with Crippen LogP contribution in [0.25, 0.3) is 0 Å². The number of nitrogen functional groups attached to an aromatic ring is 1. The summed E-state index contributed by atoms with van der Waals surface area (Å²) in [4.78, 5) is 8.17. The second kappa shape index (κ2) is 5.79. The predicted octanol–water partition coefficient (Wildman–Crippen LogP) is 0.448. The van der Waals surface area contributed by atoms with Crippen molar-refractivity contribution >= 4 is 11.6 Å². The Hall–Kier alpha value is -1.40. The highest BCUT2D eigenvalue weighted by Gasteiger charge is 2.15. The zero-order valence-electron chi connectivity index (χ0n) is 9.98. The lowest BCUT2D eigenvalue weighted by molar-refractivity contribution is -0.0819. The molecule has 3 N–H and O–H groups in total. The molecule has 1 fully saturated rings. The molecule has 2 rings (SSSR count). The summed E-state index contributed by atoms with van der Waals surface area (Å²) >= 11 is 0. The Bertz CT molecular complexity index is 366. The number of anilines is 2. The molecule has 6 heteroatoms. The number of hydrogen-bond donors (Lipinski definition) is 2. The van der Waals surface area contributed by atoms with Gasteiger partial charge in [0, 0.05) is 12.1 Å². The molecule has 1 aliphatic heterocycles. The maximum atomic E-state index is 5.79. The van der Waals surface area contributed by atoms with E-state index in [0.29, 0.717) is 32.2 Å². The van der Waals surface area contributed by atoms with Crippen molar-refractivity contribution in [3.8, 4) is 0 Å². The predicted molar refractivity (Wildman–Crippen MR) is 64.9 cm³/mol. The van der Waals surface area contributed by atoms with Crippen molar-refractivity contribution in [2.24, 2.45) is 0 Å². The molecule has 1 aromatic rings. The largest absolute Gasteiger partial charge is 0.383 e. The molecule has 1 aromatic heterocycles. The van der Waals surface area contributed by atoms with Crippen LogP contribution >= 0.6 is 0 Å². The standard InChI is InChI=1S/C11H18N4O2/c1-2-9-10(12)14-7-15-11(9)13-5-8-6-16-3-4-17-8/h7-8H,2-6H2,1H3,(H3,12,13,14,15). The summed E-state index contributed by atoms with van der Waals surface area (Å²) in [6.45, 7) is 4.65. The topological polar surface area (TPSA) is 82.3 Å². The smallest absolute Gasteiger partial charge is 0.134 e. The minimum absolute atomic E-state index is 0.0737. The first-order chi connectivity index (χ1) is 8.31. The van der Waals surface area contributed by atoms with E-state index in [1.165, 1.54) is 6.33 Å². The minimum Gasteiger partial charge on any atom is -0.383 e. The van der Waals surface area contributed by atoms with Crippen molar-refractivity contribution in [2.45, 2.75) is 19.4 Å². The Balaban J connectivity index is 1.95.